The summed E-state index contributed by atoms with van der Waals surface area (Å²) in [5, 5.41) is 6.55. The Bertz CT molecular complexity index is 1030. The Morgan fingerprint density at radius 3 is 2.51 bits per heavy atom. The largest absolute Gasteiger partial charge is 0.484 e. The monoisotopic (exact) mass is 528 g/mol. The molecule has 0 radical (unpaired) electrons. The van der Waals surface area contributed by atoms with Crippen molar-refractivity contribution in [2.75, 3.05) is 69.3 Å². The molecule has 37 heavy (non-hydrogen) atoms. The van der Waals surface area contributed by atoms with Gasteiger partial charge in [-0.3, -0.25) is 14.5 Å². The quantitative estimate of drug-likeness (QED) is 0.453. The average Bonchev–Trinajstić information content (AvgIpc) is 2.92. The van der Waals surface area contributed by atoms with Crippen LogP contribution < -0.4 is 20.3 Å². The third kappa shape index (κ3) is 8.35. The maximum Gasteiger partial charge on any atom is 0.262 e. The average molecular weight is 529 g/mol. The number of morpholine rings is 1. The Labute approximate surface area is 224 Å². The molecule has 0 unspecified atom stereocenters. The van der Waals surface area contributed by atoms with Crippen molar-refractivity contribution >= 4 is 34.8 Å². The van der Waals surface area contributed by atoms with Crippen molar-refractivity contribution in [1.29, 1.82) is 0 Å². The minimum atomic E-state index is -0.300. The number of carbonyl (C=O) groups is 2. The van der Waals surface area contributed by atoms with Gasteiger partial charge in [-0.25, -0.2) is 0 Å². The first-order valence-corrected chi connectivity index (χ1v) is 13.5. The van der Waals surface area contributed by atoms with Gasteiger partial charge in [-0.2, -0.15) is 0 Å². The van der Waals surface area contributed by atoms with Crippen molar-refractivity contribution in [2.24, 2.45) is 5.92 Å². The molecule has 0 spiro atoms. The van der Waals surface area contributed by atoms with Crippen LogP contribution >= 0.6 is 11.6 Å². The number of halogens is 1. The summed E-state index contributed by atoms with van der Waals surface area (Å²) < 4.78 is 10.9. The van der Waals surface area contributed by atoms with Gasteiger partial charge in [0.15, 0.2) is 6.61 Å². The smallest absolute Gasteiger partial charge is 0.262 e. The summed E-state index contributed by atoms with van der Waals surface area (Å²) in [6.45, 7) is 8.91. The summed E-state index contributed by atoms with van der Waals surface area (Å²) in [7, 11) is 0. The van der Waals surface area contributed by atoms with Gasteiger partial charge in [0.1, 0.15) is 5.75 Å². The molecule has 2 aromatic rings. The van der Waals surface area contributed by atoms with Gasteiger partial charge < -0.3 is 25.0 Å². The van der Waals surface area contributed by atoms with Crippen LogP contribution in [0.5, 0.6) is 5.75 Å². The van der Waals surface area contributed by atoms with Gasteiger partial charge in [0, 0.05) is 49.1 Å². The number of benzene rings is 2. The number of anilines is 2. The van der Waals surface area contributed by atoms with Crippen molar-refractivity contribution in [3.05, 3.63) is 53.1 Å². The van der Waals surface area contributed by atoms with E-state index in [2.05, 4.69) is 27.4 Å². The van der Waals surface area contributed by atoms with Crippen molar-refractivity contribution < 1.29 is 19.1 Å². The fraction of sp³-hybridized carbons (Fsp3) is 0.500. The Hall–Kier alpha value is -2.81. The Balaban J connectivity index is 1.38. The lowest BCUT2D eigenvalue weighted by Gasteiger charge is -2.33. The molecule has 4 rings (SSSR count). The molecular weight excluding hydrogens is 492 g/mol. The van der Waals surface area contributed by atoms with Gasteiger partial charge >= 0.3 is 0 Å². The Morgan fingerprint density at radius 1 is 1.05 bits per heavy atom. The maximum absolute atomic E-state index is 13.3. The molecule has 2 fully saturated rings. The molecule has 2 saturated heterocycles. The summed E-state index contributed by atoms with van der Waals surface area (Å²) in [5.41, 5.74) is 2.06. The highest BCUT2D eigenvalue weighted by molar-refractivity contribution is 6.30. The van der Waals surface area contributed by atoms with Crippen LogP contribution in [0.2, 0.25) is 5.02 Å². The third-order valence-corrected chi connectivity index (χ3v) is 7.13. The fourth-order valence-electron chi connectivity index (χ4n) is 4.62. The SMILES string of the molecule is CC1CCN(c2ccc(NC(=O)COc3ccc(Cl)cc3)cc2C(=O)NCCCN2CCOCC2)CC1. The summed E-state index contributed by atoms with van der Waals surface area (Å²) in [5.74, 6) is 0.828. The second-order valence-corrected chi connectivity index (χ2v) is 10.2. The second-order valence-electron chi connectivity index (χ2n) is 9.76. The number of piperidine rings is 1. The van der Waals surface area contributed by atoms with Crippen molar-refractivity contribution in [2.45, 2.75) is 26.2 Å². The zero-order valence-corrected chi connectivity index (χ0v) is 22.3. The number of nitrogens with one attached hydrogen (secondary N) is 2. The van der Waals surface area contributed by atoms with Crippen molar-refractivity contribution in [1.82, 2.24) is 10.2 Å². The Kier molecular flexibility index (Phi) is 10.0. The predicted molar refractivity (Wildman–Crippen MR) is 147 cm³/mol. The van der Waals surface area contributed by atoms with E-state index in [4.69, 9.17) is 21.1 Å². The van der Waals surface area contributed by atoms with Gasteiger partial charge in [-0.1, -0.05) is 18.5 Å². The standard InChI is InChI=1S/C28H37ClN4O4/c1-21-9-13-33(14-10-21)26-8-5-23(31-27(34)20-37-24-6-3-22(29)4-7-24)19-25(26)28(35)30-11-2-12-32-15-17-36-18-16-32/h3-8,19,21H,2,9-18,20H2,1H3,(H,30,35)(H,31,34). The topological polar surface area (TPSA) is 83.1 Å². The van der Waals surface area contributed by atoms with Gasteiger partial charge in [-0.05, 0) is 74.2 Å². The van der Waals surface area contributed by atoms with Crippen LogP contribution in [0.4, 0.5) is 11.4 Å². The lowest BCUT2D eigenvalue weighted by Crippen LogP contribution is -2.38. The highest BCUT2D eigenvalue weighted by Crippen LogP contribution is 2.29. The summed E-state index contributed by atoms with van der Waals surface area (Å²) in [6, 6.07) is 12.4. The highest BCUT2D eigenvalue weighted by atomic mass is 35.5. The zero-order chi connectivity index (χ0) is 26.0. The molecule has 2 heterocycles. The highest BCUT2D eigenvalue weighted by Gasteiger charge is 2.22. The van der Waals surface area contributed by atoms with E-state index in [0.717, 1.165) is 70.9 Å². The van der Waals surface area contributed by atoms with E-state index >= 15 is 0 Å². The third-order valence-electron chi connectivity index (χ3n) is 6.87. The lowest BCUT2D eigenvalue weighted by molar-refractivity contribution is -0.118. The second kappa shape index (κ2) is 13.7. The molecule has 2 aliphatic heterocycles. The first kappa shape index (κ1) is 27.2. The molecule has 0 aromatic heterocycles. The van der Waals surface area contributed by atoms with Crippen molar-refractivity contribution in [3.63, 3.8) is 0 Å². The number of ether oxygens (including phenoxy) is 2. The van der Waals surface area contributed by atoms with Crippen LogP contribution in [0.3, 0.4) is 0 Å². The molecule has 2 aromatic carbocycles. The summed E-state index contributed by atoms with van der Waals surface area (Å²) >= 11 is 5.90. The van der Waals surface area contributed by atoms with Crippen LogP contribution in [0, 0.1) is 5.92 Å². The van der Waals surface area contributed by atoms with Gasteiger partial charge in [0.05, 0.1) is 18.8 Å². The van der Waals surface area contributed by atoms with Crippen LogP contribution in [0.1, 0.15) is 36.5 Å². The van der Waals surface area contributed by atoms with Crippen LogP contribution in [-0.4, -0.2) is 75.8 Å². The van der Waals surface area contributed by atoms with E-state index < -0.39 is 0 Å². The normalized spacial score (nSPS) is 16.9. The van der Waals surface area contributed by atoms with Crippen molar-refractivity contribution in [3.8, 4) is 5.75 Å². The number of rotatable bonds is 10. The fourth-order valence-corrected chi connectivity index (χ4v) is 4.75. The first-order valence-electron chi connectivity index (χ1n) is 13.1. The predicted octanol–water partition coefficient (Wildman–Crippen LogP) is 4.05. The van der Waals surface area contributed by atoms with Crippen LogP contribution in [-0.2, 0) is 9.53 Å². The minimum absolute atomic E-state index is 0.121. The van der Waals surface area contributed by atoms with Gasteiger partial charge in [0.25, 0.3) is 11.8 Å². The first-order chi connectivity index (χ1) is 18.0. The molecule has 0 atom stereocenters. The van der Waals surface area contributed by atoms with E-state index in [1.807, 2.05) is 12.1 Å². The Morgan fingerprint density at radius 2 is 1.78 bits per heavy atom. The number of hydrogen-bond donors (Lipinski definition) is 2. The summed E-state index contributed by atoms with van der Waals surface area (Å²) in [4.78, 5) is 30.4. The molecule has 2 aliphatic rings. The molecule has 200 valence electrons. The van der Waals surface area contributed by atoms with E-state index in [0.29, 0.717) is 34.5 Å². The molecule has 0 saturated carbocycles. The molecule has 0 bridgehead atoms. The number of amides is 2. The minimum Gasteiger partial charge on any atom is -0.484 e. The molecule has 8 nitrogen and oxygen atoms in total. The van der Waals surface area contributed by atoms with E-state index in [1.54, 1.807) is 30.3 Å². The van der Waals surface area contributed by atoms with E-state index in [1.165, 1.54) is 0 Å². The van der Waals surface area contributed by atoms with Crippen LogP contribution in [0.15, 0.2) is 42.5 Å². The molecule has 2 N–H and O–H groups in total. The number of hydrogen-bond acceptors (Lipinski definition) is 6. The van der Waals surface area contributed by atoms with E-state index in [9.17, 15) is 9.59 Å². The lowest BCUT2D eigenvalue weighted by atomic mass is 9.97. The van der Waals surface area contributed by atoms with Crippen LogP contribution in [0.25, 0.3) is 0 Å². The molecule has 2 amide bonds. The summed E-state index contributed by atoms with van der Waals surface area (Å²) in [6.07, 6.45) is 3.07. The molecule has 0 aliphatic carbocycles. The van der Waals surface area contributed by atoms with Gasteiger partial charge in [-0.15, -0.1) is 0 Å². The number of carbonyl (C=O) groups excluding carboxylic acids is 2. The number of nitrogens with zero attached hydrogens (tertiary/aromatic N) is 2. The van der Waals surface area contributed by atoms with Gasteiger partial charge in [0.2, 0.25) is 0 Å². The zero-order valence-electron chi connectivity index (χ0n) is 21.5. The molecule has 9 heteroatoms. The van der Waals surface area contributed by atoms with E-state index in [-0.39, 0.29) is 18.4 Å². The molecular formula is C28H37ClN4O4. The maximum atomic E-state index is 13.3.